The van der Waals surface area contributed by atoms with Gasteiger partial charge in [0, 0.05) is 6.54 Å². The lowest BCUT2D eigenvalue weighted by Crippen LogP contribution is -2.29. The lowest BCUT2D eigenvalue weighted by molar-refractivity contribution is 0.639. The van der Waals surface area contributed by atoms with Crippen LogP contribution in [0.4, 0.5) is 0 Å². The Bertz CT molecular complexity index is 219. The molecule has 0 rings (SSSR count). The van der Waals surface area contributed by atoms with Crippen molar-refractivity contribution in [2.75, 3.05) is 6.54 Å². The van der Waals surface area contributed by atoms with Gasteiger partial charge in [0.15, 0.2) is 0 Å². The predicted octanol–water partition coefficient (Wildman–Crippen LogP) is 5.63. The van der Waals surface area contributed by atoms with Crippen molar-refractivity contribution >= 4 is 14.3 Å². The van der Waals surface area contributed by atoms with Crippen LogP contribution in [0.2, 0.25) is 18.1 Å². The van der Waals surface area contributed by atoms with Crippen molar-refractivity contribution in [3.05, 3.63) is 12.3 Å². The van der Waals surface area contributed by atoms with E-state index in [-0.39, 0.29) is 0 Å². The molecule has 0 N–H and O–H groups in total. The number of rotatable bonds is 12. The molecule has 0 heterocycles. The Morgan fingerprint density at radius 2 is 1.67 bits per heavy atom. The van der Waals surface area contributed by atoms with Gasteiger partial charge in [-0.15, -0.1) is 12.3 Å². The first-order valence-corrected chi connectivity index (χ1v) is 10.6. The monoisotopic (exact) mass is 267 g/mol. The SMILES string of the molecule is C=C[Si](CC)(CC)CCC=NCCCCCCC. The van der Waals surface area contributed by atoms with E-state index in [0.29, 0.717) is 0 Å². The molecule has 0 aromatic carbocycles. The lowest BCUT2D eigenvalue weighted by atomic mass is 10.2. The number of nitrogens with zero attached hydrogens (tertiary/aromatic N) is 1. The summed E-state index contributed by atoms with van der Waals surface area (Å²) in [5.74, 6) is 0. The summed E-state index contributed by atoms with van der Waals surface area (Å²) in [4.78, 5) is 4.54. The Labute approximate surface area is 116 Å². The summed E-state index contributed by atoms with van der Waals surface area (Å²) in [7, 11) is -1.13. The van der Waals surface area contributed by atoms with E-state index in [1.807, 2.05) is 0 Å². The van der Waals surface area contributed by atoms with Gasteiger partial charge in [-0.05, 0) is 25.1 Å². The molecular weight excluding hydrogens is 234 g/mol. The van der Waals surface area contributed by atoms with Crippen LogP contribution in [0.1, 0.15) is 59.3 Å². The molecule has 0 amide bonds. The molecule has 0 aromatic rings. The average molecular weight is 268 g/mol. The van der Waals surface area contributed by atoms with Gasteiger partial charge in [0.1, 0.15) is 0 Å². The smallest absolute Gasteiger partial charge is 0.0768 e. The molecule has 0 saturated carbocycles. The zero-order valence-electron chi connectivity index (χ0n) is 12.9. The van der Waals surface area contributed by atoms with Crippen LogP contribution in [-0.2, 0) is 0 Å². The van der Waals surface area contributed by atoms with Crippen LogP contribution in [0.25, 0.3) is 0 Å². The summed E-state index contributed by atoms with van der Waals surface area (Å²) in [6.07, 6.45) is 10.0. The molecule has 0 aliphatic carbocycles. The van der Waals surface area contributed by atoms with Gasteiger partial charge in [-0.1, -0.05) is 58.5 Å². The molecule has 0 bridgehead atoms. The minimum Gasteiger partial charge on any atom is -0.298 e. The Hall–Kier alpha value is -0.373. The predicted molar refractivity (Wildman–Crippen MR) is 88.5 cm³/mol. The largest absolute Gasteiger partial charge is 0.298 e. The fourth-order valence-electron chi connectivity index (χ4n) is 2.34. The summed E-state index contributed by atoms with van der Waals surface area (Å²) in [6.45, 7) is 12.0. The van der Waals surface area contributed by atoms with Crippen molar-refractivity contribution in [3.63, 3.8) is 0 Å². The van der Waals surface area contributed by atoms with Gasteiger partial charge in [0.25, 0.3) is 0 Å². The molecule has 1 nitrogen and oxygen atoms in total. The molecule has 18 heavy (non-hydrogen) atoms. The fourth-order valence-corrected chi connectivity index (χ4v) is 5.03. The Balaban J connectivity index is 3.60. The number of hydrogen-bond donors (Lipinski definition) is 0. The molecule has 106 valence electrons. The third kappa shape index (κ3) is 7.86. The van der Waals surface area contributed by atoms with Crippen molar-refractivity contribution in [1.29, 1.82) is 0 Å². The highest BCUT2D eigenvalue weighted by atomic mass is 28.3. The standard InChI is InChI=1S/C16H33NSi/c1-5-9-10-11-12-14-17-15-13-16-18(6-2,7-3)8-4/h6,15H,2,5,7-14,16H2,1,3-4H3. The molecule has 2 heteroatoms. The molecule has 0 radical (unpaired) electrons. The first kappa shape index (κ1) is 17.6. The quantitative estimate of drug-likeness (QED) is 0.247. The van der Waals surface area contributed by atoms with Crippen LogP contribution in [0.15, 0.2) is 17.3 Å². The highest BCUT2D eigenvalue weighted by molar-refractivity contribution is 6.84. The van der Waals surface area contributed by atoms with Gasteiger partial charge in [-0.2, -0.15) is 0 Å². The summed E-state index contributed by atoms with van der Waals surface area (Å²) < 4.78 is 0. The van der Waals surface area contributed by atoms with E-state index in [2.05, 4.69) is 44.3 Å². The third-order valence-corrected chi connectivity index (χ3v) is 9.10. The highest BCUT2D eigenvalue weighted by Gasteiger charge is 2.23. The molecule has 0 spiro atoms. The Morgan fingerprint density at radius 3 is 2.22 bits per heavy atom. The van der Waals surface area contributed by atoms with Gasteiger partial charge in [-0.3, -0.25) is 4.99 Å². The number of hydrogen-bond acceptors (Lipinski definition) is 1. The minimum absolute atomic E-state index is 1.03. The van der Waals surface area contributed by atoms with Crippen LogP contribution < -0.4 is 0 Å². The second-order valence-electron chi connectivity index (χ2n) is 5.32. The average Bonchev–Trinajstić information content (AvgIpc) is 2.42. The van der Waals surface area contributed by atoms with E-state index >= 15 is 0 Å². The van der Waals surface area contributed by atoms with E-state index < -0.39 is 8.07 Å². The molecule has 0 saturated heterocycles. The summed E-state index contributed by atoms with van der Waals surface area (Å²) in [6, 6.07) is 4.00. The van der Waals surface area contributed by atoms with Crippen LogP contribution in [0.3, 0.4) is 0 Å². The molecule has 0 aromatic heterocycles. The van der Waals surface area contributed by atoms with Crippen LogP contribution >= 0.6 is 0 Å². The van der Waals surface area contributed by atoms with Crippen molar-refractivity contribution in [2.24, 2.45) is 4.99 Å². The summed E-state index contributed by atoms with van der Waals surface area (Å²) in [5, 5.41) is 0. The topological polar surface area (TPSA) is 12.4 Å². The highest BCUT2D eigenvalue weighted by Crippen LogP contribution is 2.22. The minimum atomic E-state index is -1.13. The van der Waals surface area contributed by atoms with Crippen molar-refractivity contribution in [1.82, 2.24) is 0 Å². The first-order chi connectivity index (χ1) is 8.74. The van der Waals surface area contributed by atoms with Gasteiger partial charge >= 0.3 is 0 Å². The van der Waals surface area contributed by atoms with Crippen LogP contribution in [0.5, 0.6) is 0 Å². The Morgan fingerprint density at radius 1 is 1.00 bits per heavy atom. The van der Waals surface area contributed by atoms with E-state index in [9.17, 15) is 0 Å². The third-order valence-electron chi connectivity index (χ3n) is 4.13. The fraction of sp³-hybridized carbons (Fsp3) is 0.812. The molecule has 0 fully saturated rings. The molecule has 0 atom stereocenters. The molecule has 0 unspecified atom stereocenters. The van der Waals surface area contributed by atoms with Gasteiger partial charge < -0.3 is 0 Å². The second kappa shape index (κ2) is 11.7. The molecule has 0 aliphatic rings. The van der Waals surface area contributed by atoms with E-state index in [1.54, 1.807) is 0 Å². The van der Waals surface area contributed by atoms with E-state index in [1.165, 1.54) is 50.2 Å². The lowest BCUT2D eigenvalue weighted by Gasteiger charge is -2.24. The number of aliphatic imine (C=N–C) groups is 1. The maximum absolute atomic E-state index is 4.54. The van der Waals surface area contributed by atoms with Gasteiger partial charge in [-0.25, -0.2) is 0 Å². The molecular formula is C16H33NSi. The first-order valence-electron chi connectivity index (χ1n) is 7.86. The maximum Gasteiger partial charge on any atom is 0.0768 e. The van der Waals surface area contributed by atoms with E-state index in [0.717, 1.165) is 13.0 Å². The summed E-state index contributed by atoms with van der Waals surface area (Å²) >= 11 is 0. The van der Waals surface area contributed by atoms with Crippen LogP contribution in [0, 0.1) is 0 Å². The zero-order valence-corrected chi connectivity index (χ0v) is 13.9. The maximum atomic E-state index is 4.54. The number of unbranched alkanes of at least 4 members (excludes halogenated alkanes) is 4. The zero-order chi connectivity index (χ0) is 13.7. The normalized spacial score (nSPS) is 12.2. The van der Waals surface area contributed by atoms with Gasteiger partial charge in [0.2, 0.25) is 0 Å². The van der Waals surface area contributed by atoms with Crippen molar-refractivity contribution in [3.8, 4) is 0 Å². The van der Waals surface area contributed by atoms with Crippen LogP contribution in [-0.4, -0.2) is 20.8 Å². The second-order valence-corrected chi connectivity index (χ2v) is 10.4. The molecule has 0 aliphatic heterocycles. The van der Waals surface area contributed by atoms with E-state index in [4.69, 9.17) is 0 Å². The van der Waals surface area contributed by atoms with Crippen molar-refractivity contribution in [2.45, 2.75) is 77.4 Å². The summed E-state index contributed by atoms with van der Waals surface area (Å²) in [5.41, 5.74) is 2.28. The Kier molecular flexibility index (Phi) is 11.5. The van der Waals surface area contributed by atoms with Gasteiger partial charge in [0.05, 0.1) is 8.07 Å². The van der Waals surface area contributed by atoms with Crippen molar-refractivity contribution < 1.29 is 0 Å².